The summed E-state index contributed by atoms with van der Waals surface area (Å²) in [6.45, 7) is 5.07. The number of likely N-dealkylation sites (tertiary alicyclic amines) is 1. The number of Topliss-reactive ketones (excluding diaryl/α,β-unsaturated/α-hetero) is 4. The summed E-state index contributed by atoms with van der Waals surface area (Å²) in [6, 6.07) is -0.420. The maximum atomic E-state index is 14.8. The molecule has 234 valence electrons. The lowest BCUT2D eigenvalue weighted by molar-refractivity contribution is -0.181. The number of fused-ring (bicyclic) bond motifs is 3. The molecule has 43 heavy (non-hydrogen) atoms. The highest BCUT2D eigenvalue weighted by molar-refractivity contribution is 6.32. The van der Waals surface area contributed by atoms with Crippen LogP contribution in [0.5, 0.6) is 5.75 Å². The van der Waals surface area contributed by atoms with Crippen molar-refractivity contribution in [2.75, 3.05) is 27.2 Å². The molecule has 8 atom stereocenters. The van der Waals surface area contributed by atoms with E-state index in [1.807, 2.05) is 18.7 Å². The topological polar surface area (TPSA) is 158 Å². The zero-order valence-electron chi connectivity index (χ0n) is 24.4. The molecule has 2 unspecified atom stereocenters. The number of phenols is 1. The molecule has 1 aromatic carbocycles. The summed E-state index contributed by atoms with van der Waals surface area (Å²) in [5.74, 6) is -12.8. The number of piperidine rings is 1. The number of halogens is 3. The Morgan fingerprint density at radius 3 is 2.23 bits per heavy atom. The number of primary amides is 1. The number of aliphatic hydroxyl groups is 1. The van der Waals surface area contributed by atoms with Crippen LogP contribution in [0.3, 0.4) is 0 Å². The molecule has 3 aliphatic carbocycles. The zero-order chi connectivity index (χ0) is 31.9. The van der Waals surface area contributed by atoms with Crippen LogP contribution in [0.25, 0.3) is 0 Å². The standard InChI is InChI=1S/C30H36F3N3O7/c1-12-5-13(2)10-36(9-12)11-15-8-18(37)20-16(22(15)30(31,32)33)6-14-7-17-23(35(3)4)25(39)21(28(34)42)27(41)29(17,43)26(40)19(14)24(20)38/h8,12-14,17,19,21,23,37,43H,5-7,9-11H2,1-4H3,(H2,34,42)/t12-,13+,14-,17-,19?,21?,23-,29-/m0/s1. The van der Waals surface area contributed by atoms with E-state index in [0.717, 1.165) is 12.5 Å². The number of carbonyl (C=O) groups excluding carboxylic acids is 5. The third kappa shape index (κ3) is 4.80. The van der Waals surface area contributed by atoms with E-state index >= 15 is 0 Å². The fraction of sp³-hybridized carbons (Fsp3) is 0.633. The number of alkyl halides is 3. The number of benzene rings is 1. The lowest BCUT2D eigenvalue weighted by Crippen LogP contribution is -2.74. The lowest BCUT2D eigenvalue weighted by Gasteiger charge is -2.52. The van der Waals surface area contributed by atoms with Crippen LogP contribution in [0.15, 0.2) is 6.07 Å². The highest BCUT2D eigenvalue weighted by atomic mass is 19.4. The number of carbonyl (C=O) groups is 5. The second-order valence-corrected chi connectivity index (χ2v) is 13.2. The van der Waals surface area contributed by atoms with E-state index in [9.17, 15) is 47.4 Å². The summed E-state index contributed by atoms with van der Waals surface area (Å²) >= 11 is 0. The molecule has 0 aromatic heterocycles. The van der Waals surface area contributed by atoms with E-state index in [1.54, 1.807) is 0 Å². The molecule has 0 bridgehead atoms. The van der Waals surface area contributed by atoms with Gasteiger partial charge in [-0.1, -0.05) is 13.8 Å². The quantitative estimate of drug-likeness (QED) is 0.430. The van der Waals surface area contributed by atoms with E-state index in [-0.39, 0.29) is 30.4 Å². The molecule has 1 aliphatic heterocycles. The van der Waals surface area contributed by atoms with Crippen LogP contribution < -0.4 is 5.73 Å². The molecule has 0 radical (unpaired) electrons. The maximum absolute atomic E-state index is 14.8. The van der Waals surface area contributed by atoms with Gasteiger partial charge in [0.05, 0.1) is 23.1 Å². The number of nitrogens with zero attached hydrogens (tertiary/aromatic N) is 2. The number of aromatic hydroxyl groups is 1. The summed E-state index contributed by atoms with van der Waals surface area (Å²) in [4.78, 5) is 69.6. The molecular formula is C30H36F3N3O7. The van der Waals surface area contributed by atoms with Crippen LogP contribution in [0.1, 0.15) is 53.7 Å². The van der Waals surface area contributed by atoms with Crippen LogP contribution >= 0.6 is 0 Å². The Kier molecular flexibility index (Phi) is 7.62. The molecular weight excluding hydrogens is 571 g/mol. The van der Waals surface area contributed by atoms with Gasteiger partial charge in [0.25, 0.3) is 0 Å². The molecule has 0 spiro atoms. The largest absolute Gasteiger partial charge is 0.507 e. The van der Waals surface area contributed by atoms with Gasteiger partial charge in [-0.25, -0.2) is 0 Å². The van der Waals surface area contributed by atoms with Gasteiger partial charge in [-0.2, -0.15) is 13.2 Å². The normalized spacial score (nSPS) is 35.0. The highest BCUT2D eigenvalue weighted by Gasteiger charge is 2.69. The number of nitrogens with two attached hydrogens (primary N) is 1. The number of hydrogen-bond acceptors (Lipinski definition) is 9. The van der Waals surface area contributed by atoms with Crippen molar-refractivity contribution < 1.29 is 47.4 Å². The number of rotatable bonds is 4. The predicted molar refractivity (Wildman–Crippen MR) is 145 cm³/mol. The van der Waals surface area contributed by atoms with Crippen LogP contribution in [0.2, 0.25) is 0 Å². The third-order valence-electron chi connectivity index (χ3n) is 9.77. The summed E-state index contributed by atoms with van der Waals surface area (Å²) in [7, 11) is 2.87. The molecule has 1 heterocycles. The van der Waals surface area contributed by atoms with Crippen molar-refractivity contribution in [1.82, 2.24) is 9.80 Å². The Balaban J connectivity index is 1.62. The summed E-state index contributed by atoms with van der Waals surface area (Å²) in [5, 5.41) is 22.6. The minimum Gasteiger partial charge on any atom is -0.507 e. The Morgan fingerprint density at radius 1 is 1.09 bits per heavy atom. The highest BCUT2D eigenvalue weighted by Crippen LogP contribution is 2.53. The van der Waals surface area contributed by atoms with Crippen LogP contribution in [-0.4, -0.2) is 87.9 Å². The van der Waals surface area contributed by atoms with Crippen LogP contribution in [0, 0.1) is 35.5 Å². The number of phenolic OH excluding ortho intramolecular Hbond substituents is 1. The lowest BCUT2D eigenvalue weighted by atomic mass is 9.52. The average molecular weight is 608 g/mol. The molecule has 1 saturated heterocycles. The number of likely N-dealkylation sites (N-methyl/N-ethyl adjacent to an activating group) is 1. The number of amides is 1. The van der Waals surface area contributed by atoms with Crippen molar-refractivity contribution >= 4 is 29.0 Å². The van der Waals surface area contributed by atoms with Gasteiger partial charge in [0.15, 0.2) is 34.7 Å². The van der Waals surface area contributed by atoms with Gasteiger partial charge in [0.2, 0.25) is 5.91 Å². The van der Waals surface area contributed by atoms with Crippen LogP contribution in [-0.2, 0) is 38.3 Å². The molecule has 1 aromatic rings. The number of hydrogen-bond donors (Lipinski definition) is 3. The van der Waals surface area contributed by atoms with Gasteiger partial charge in [-0.3, -0.25) is 33.8 Å². The molecule has 1 amide bonds. The average Bonchev–Trinajstić information content (AvgIpc) is 2.84. The van der Waals surface area contributed by atoms with E-state index < -0.39 is 99.4 Å². The van der Waals surface area contributed by atoms with Gasteiger partial charge in [-0.05, 0) is 68.3 Å². The zero-order valence-corrected chi connectivity index (χ0v) is 24.4. The monoisotopic (exact) mass is 607 g/mol. The minimum atomic E-state index is -4.90. The van der Waals surface area contributed by atoms with Crippen molar-refractivity contribution in [2.24, 2.45) is 41.2 Å². The Hall–Kier alpha value is -3.16. The van der Waals surface area contributed by atoms with Gasteiger partial charge < -0.3 is 15.9 Å². The van der Waals surface area contributed by atoms with E-state index in [4.69, 9.17) is 5.73 Å². The molecule has 4 aliphatic rings. The first-order valence-corrected chi connectivity index (χ1v) is 14.4. The van der Waals surface area contributed by atoms with Gasteiger partial charge in [-0.15, -0.1) is 0 Å². The molecule has 2 saturated carbocycles. The van der Waals surface area contributed by atoms with Crippen molar-refractivity contribution in [3.63, 3.8) is 0 Å². The van der Waals surface area contributed by atoms with E-state index in [2.05, 4.69) is 0 Å². The van der Waals surface area contributed by atoms with Crippen molar-refractivity contribution in [3.8, 4) is 5.75 Å². The first-order valence-electron chi connectivity index (χ1n) is 14.4. The van der Waals surface area contributed by atoms with Crippen molar-refractivity contribution in [3.05, 3.63) is 28.3 Å². The van der Waals surface area contributed by atoms with Crippen molar-refractivity contribution in [2.45, 2.75) is 57.5 Å². The molecule has 5 rings (SSSR count). The van der Waals surface area contributed by atoms with Gasteiger partial charge in [0.1, 0.15) is 5.75 Å². The molecule has 3 fully saturated rings. The summed E-state index contributed by atoms with van der Waals surface area (Å²) in [5.41, 5.74) is 0.0301. The SMILES string of the molecule is C[C@@H]1C[C@H](C)CN(Cc2cc(O)c3c(c2C(F)(F)F)C[C@H]2C[C@H]4[C@H](N(C)C)C(=O)C(C(N)=O)C(=O)[C@@]4(O)C(=O)C2C3=O)C1. The second kappa shape index (κ2) is 10.5. The van der Waals surface area contributed by atoms with Gasteiger partial charge in [0, 0.05) is 25.6 Å². The predicted octanol–water partition coefficient (Wildman–Crippen LogP) is 1.36. The number of ketones is 4. The maximum Gasteiger partial charge on any atom is 0.417 e. The molecule has 10 nitrogen and oxygen atoms in total. The minimum absolute atomic E-state index is 0.103. The summed E-state index contributed by atoms with van der Waals surface area (Å²) in [6.07, 6.45) is -4.73. The van der Waals surface area contributed by atoms with Crippen LogP contribution in [0.4, 0.5) is 13.2 Å². The first kappa shape index (κ1) is 31.3. The van der Waals surface area contributed by atoms with E-state index in [1.165, 1.54) is 19.0 Å². The van der Waals surface area contributed by atoms with Crippen molar-refractivity contribution in [1.29, 1.82) is 0 Å². The van der Waals surface area contributed by atoms with Gasteiger partial charge >= 0.3 is 6.18 Å². The Morgan fingerprint density at radius 2 is 1.70 bits per heavy atom. The molecule has 13 heteroatoms. The second-order valence-electron chi connectivity index (χ2n) is 13.2. The van der Waals surface area contributed by atoms with E-state index in [0.29, 0.717) is 13.1 Å². The molecule has 4 N–H and O–H groups in total. The third-order valence-corrected chi connectivity index (χ3v) is 9.77. The first-order chi connectivity index (χ1) is 19.9. The fourth-order valence-electron chi connectivity index (χ4n) is 8.38. The smallest absolute Gasteiger partial charge is 0.417 e. The Labute approximate surface area is 246 Å². The fourth-order valence-corrected chi connectivity index (χ4v) is 8.38. The summed E-state index contributed by atoms with van der Waals surface area (Å²) < 4.78 is 44.3. The Bertz CT molecular complexity index is 1420.